The molecule has 0 aromatic carbocycles. The van der Waals surface area contributed by atoms with E-state index in [0.29, 0.717) is 11.4 Å². The van der Waals surface area contributed by atoms with E-state index in [0.717, 1.165) is 0 Å². The number of carbonyl (C=O) groups excluding carboxylic acids is 1. The number of rotatable bonds is 5. The van der Waals surface area contributed by atoms with E-state index in [1.54, 1.807) is 11.6 Å². The summed E-state index contributed by atoms with van der Waals surface area (Å²) in [5, 5.41) is 10.3. The van der Waals surface area contributed by atoms with Gasteiger partial charge in [-0.15, -0.1) is 11.3 Å². The molecule has 0 radical (unpaired) electrons. The molecule has 0 aliphatic carbocycles. The van der Waals surface area contributed by atoms with Crippen LogP contribution in [0, 0.1) is 0 Å². The van der Waals surface area contributed by atoms with Gasteiger partial charge in [-0.3, -0.25) is 18.8 Å². The Morgan fingerprint density at radius 2 is 2.25 bits per heavy atom. The van der Waals surface area contributed by atoms with Gasteiger partial charge in [-0.2, -0.15) is 0 Å². The maximum absolute atomic E-state index is 12.1. The van der Waals surface area contributed by atoms with Crippen LogP contribution in [-0.2, 0) is 4.79 Å². The van der Waals surface area contributed by atoms with Crippen LogP contribution in [0.2, 0.25) is 0 Å². The van der Waals surface area contributed by atoms with Crippen LogP contribution in [0.15, 0.2) is 22.6 Å². The maximum atomic E-state index is 12.1. The van der Waals surface area contributed by atoms with E-state index in [1.165, 1.54) is 33.9 Å². The quantitative estimate of drug-likeness (QED) is 0.876. The highest BCUT2D eigenvalue weighted by atomic mass is 32.1. The summed E-state index contributed by atoms with van der Waals surface area (Å²) >= 11 is 1.31. The Hall–Kier alpha value is -2.22. The average Bonchev–Trinajstić information content (AvgIpc) is 2.87. The molecule has 2 rings (SSSR count). The predicted molar refractivity (Wildman–Crippen MR) is 73.2 cm³/mol. The lowest BCUT2D eigenvalue weighted by atomic mass is 10.2. The third-order valence-corrected chi connectivity index (χ3v) is 3.57. The van der Waals surface area contributed by atoms with E-state index < -0.39 is 17.4 Å². The Kier molecular flexibility index (Phi) is 4.14. The van der Waals surface area contributed by atoms with Crippen molar-refractivity contribution in [3.05, 3.63) is 33.7 Å². The molecule has 0 saturated heterocycles. The number of carboxylic acid groups (broad SMARTS) is 1. The van der Waals surface area contributed by atoms with Gasteiger partial charge in [-0.05, 0) is 6.42 Å². The molecular weight excluding hydrogens is 282 g/mol. The monoisotopic (exact) mass is 295 g/mol. The zero-order chi connectivity index (χ0) is 14.7. The third kappa shape index (κ3) is 2.85. The smallest absolute Gasteiger partial charge is 0.303 e. The summed E-state index contributed by atoms with van der Waals surface area (Å²) in [7, 11) is 1.53. The van der Waals surface area contributed by atoms with Crippen molar-refractivity contribution >= 4 is 28.2 Å². The number of nitrogens with zero attached hydrogens (tertiary/aromatic N) is 3. The Balaban J connectivity index is 2.16. The number of carboxylic acids is 1. The van der Waals surface area contributed by atoms with Crippen molar-refractivity contribution in [2.75, 3.05) is 13.6 Å². The molecule has 0 spiro atoms. The second-order valence-electron chi connectivity index (χ2n) is 4.26. The van der Waals surface area contributed by atoms with Gasteiger partial charge in [0.05, 0.1) is 0 Å². The van der Waals surface area contributed by atoms with Crippen LogP contribution in [0.4, 0.5) is 0 Å². The fourth-order valence-electron chi connectivity index (χ4n) is 1.75. The molecular formula is C12H13N3O4S. The zero-order valence-corrected chi connectivity index (χ0v) is 11.6. The minimum Gasteiger partial charge on any atom is -0.481 e. The van der Waals surface area contributed by atoms with Crippen LogP contribution < -0.4 is 5.56 Å². The Bertz CT molecular complexity index is 706. The van der Waals surface area contributed by atoms with E-state index in [1.807, 2.05) is 0 Å². The SMILES string of the molecule is CN(CCCC(=O)O)C(=O)c1cnc2sccn2c1=O. The molecule has 106 valence electrons. The lowest BCUT2D eigenvalue weighted by Crippen LogP contribution is -2.33. The van der Waals surface area contributed by atoms with Crippen LogP contribution in [0.5, 0.6) is 0 Å². The third-order valence-electron chi connectivity index (χ3n) is 2.80. The first-order valence-electron chi connectivity index (χ1n) is 5.93. The lowest BCUT2D eigenvalue weighted by Gasteiger charge is -2.15. The normalized spacial score (nSPS) is 10.7. The molecule has 0 unspecified atom stereocenters. The average molecular weight is 295 g/mol. The minimum absolute atomic E-state index is 0.0151. The van der Waals surface area contributed by atoms with Crippen molar-refractivity contribution in [2.24, 2.45) is 0 Å². The summed E-state index contributed by atoms with van der Waals surface area (Å²) in [6.07, 6.45) is 3.16. The molecule has 1 N–H and O–H groups in total. The van der Waals surface area contributed by atoms with E-state index in [4.69, 9.17) is 5.11 Å². The van der Waals surface area contributed by atoms with Crippen molar-refractivity contribution < 1.29 is 14.7 Å². The molecule has 0 saturated carbocycles. The van der Waals surface area contributed by atoms with E-state index >= 15 is 0 Å². The molecule has 2 heterocycles. The van der Waals surface area contributed by atoms with E-state index in [2.05, 4.69) is 4.98 Å². The number of carbonyl (C=O) groups is 2. The first-order chi connectivity index (χ1) is 9.50. The van der Waals surface area contributed by atoms with Crippen LogP contribution in [-0.4, -0.2) is 44.9 Å². The molecule has 8 heteroatoms. The number of aromatic nitrogens is 2. The molecule has 2 aromatic heterocycles. The second-order valence-corrected chi connectivity index (χ2v) is 5.13. The standard InChI is InChI=1S/C12H13N3O4S/c1-14(4-2-3-9(16)17)10(18)8-7-13-12-15(11(8)19)5-6-20-12/h5-7H,2-4H2,1H3,(H,16,17). The molecule has 0 atom stereocenters. The summed E-state index contributed by atoms with van der Waals surface area (Å²) in [4.78, 5) is 40.6. The van der Waals surface area contributed by atoms with Crippen molar-refractivity contribution in [3.63, 3.8) is 0 Å². The Morgan fingerprint density at radius 3 is 2.95 bits per heavy atom. The van der Waals surface area contributed by atoms with Gasteiger partial charge in [0.2, 0.25) is 0 Å². The second kappa shape index (κ2) is 5.83. The molecule has 7 nitrogen and oxygen atoms in total. The molecule has 0 aliphatic rings. The van der Waals surface area contributed by atoms with Crippen molar-refractivity contribution in [1.29, 1.82) is 0 Å². The van der Waals surface area contributed by atoms with Gasteiger partial charge in [0.1, 0.15) is 5.56 Å². The molecule has 0 bridgehead atoms. The topological polar surface area (TPSA) is 92.0 Å². The highest BCUT2D eigenvalue weighted by molar-refractivity contribution is 7.15. The molecule has 1 amide bonds. The minimum atomic E-state index is -0.910. The summed E-state index contributed by atoms with van der Waals surface area (Å²) in [6, 6.07) is 0. The van der Waals surface area contributed by atoms with Crippen LogP contribution in [0.1, 0.15) is 23.2 Å². The van der Waals surface area contributed by atoms with Crippen LogP contribution in [0.25, 0.3) is 4.96 Å². The molecule has 2 aromatic rings. The van der Waals surface area contributed by atoms with Crippen molar-refractivity contribution in [3.8, 4) is 0 Å². The largest absolute Gasteiger partial charge is 0.481 e. The van der Waals surface area contributed by atoms with Gasteiger partial charge in [0.25, 0.3) is 11.5 Å². The van der Waals surface area contributed by atoms with E-state index in [9.17, 15) is 14.4 Å². The number of fused-ring (bicyclic) bond motifs is 1. The maximum Gasteiger partial charge on any atom is 0.303 e. The molecule has 0 fully saturated rings. The van der Waals surface area contributed by atoms with Crippen LogP contribution in [0.3, 0.4) is 0 Å². The van der Waals surface area contributed by atoms with Gasteiger partial charge in [-0.25, -0.2) is 4.98 Å². The number of amides is 1. The number of aliphatic carboxylic acids is 1. The Labute approximate surface area is 118 Å². The summed E-state index contributed by atoms with van der Waals surface area (Å²) < 4.78 is 1.32. The van der Waals surface area contributed by atoms with E-state index in [-0.39, 0.29) is 18.5 Å². The van der Waals surface area contributed by atoms with Crippen molar-refractivity contribution in [2.45, 2.75) is 12.8 Å². The first-order valence-corrected chi connectivity index (χ1v) is 6.81. The highest BCUT2D eigenvalue weighted by Gasteiger charge is 2.17. The first kappa shape index (κ1) is 14.2. The number of hydrogen-bond donors (Lipinski definition) is 1. The van der Waals surface area contributed by atoms with Crippen LogP contribution >= 0.6 is 11.3 Å². The fourth-order valence-corrected chi connectivity index (χ4v) is 2.42. The van der Waals surface area contributed by atoms with Gasteiger partial charge >= 0.3 is 5.97 Å². The summed E-state index contributed by atoms with van der Waals surface area (Å²) in [5.41, 5.74) is -0.426. The fraction of sp³-hybridized carbons (Fsp3) is 0.333. The lowest BCUT2D eigenvalue weighted by molar-refractivity contribution is -0.137. The summed E-state index contributed by atoms with van der Waals surface area (Å²) in [6.45, 7) is 0.275. The number of thiazole rings is 1. The van der Waals surface area contributed by atoms with Gasteiger partial charge in [0.15, 0.2) is 4.96 Å². The highest BCUT2D eigenvalue weighted by Crippen LogP contribution is 2.07. The van der Waals surface area contributed by atoms with Crippen molar-refractivity contribution in [1.82, 2.24) is 14.3 Å². The molecule has 20 heavy (non-hydrogen) atoms. The predicted octanol–water partition coefficient (Wildman–Crippen LogP) is 0.693. The zero-order valence-electron chi connectivity index (χ0n) is 10.8. The number of hydrogen-bond acceptors (Lipinski definition) is 5. The van der Waals surface area contributed by atoms with Gasteiger partial charge in [0, 0.05) is 37.8 Å². The Morgan fingerprint density at radius 1 is 1.50 bits per heavy atom. The van der Waals surface area contributed by atoms with Gasteiger partial charge < -0.3 is 10.0 Å². The van der Waals surface area contributed by atoms with Gasteiger partial charge in [-0.1, -0.05) is 0 Å². The molecule has 0 aliphatic heterocycles. The summed E-state index contributed by atoms with van der Waals surface area (Å²) in [5.74, 6) is -1.36.